The predicted octanol–water partition coefficient (Wildman–Crippen LogP) is 2.11. The number of ether oxygens (including phenoxy) is 1. The molecule has 0 spiro atoms. The van der Waals surface area contributed by atoms with Gasteiger partial charge in [0.25, 0.3) is 5.91 Å². The van der Waals surface area contributed by atoms with Crippen molar-refractivity contribution in [2.75, 3.05) is 39.8 Å². The van der Waals surface area contributed by atoms with E-state index in [1.807, 2.05) is 40.1 Å². The number of hydrogen-bond donors (Lipinski definition) is 2. The first-order valence-electron chi connectivity index (χ1n) is 10.1. The smallest absolute Gasteiger partial charge is 0.321 e. The van der Waals surface area contributed by atoms with E-state index in [4.69, 9.17) is 9.94 Å². The number of piperazine rings is 1. The van der Waals surface area contributed by atoms with Crippen LogP contribution in [0.2, 0.25) is 0 Å². The molecular formula is C22H26N4O4. The maximum Gasteiger partial charge on any atom is 0.321 e. The van der Waals surface area contributed by atoms with Crippen LogP contribution in [0, 0.1) is 0 Å². The number of benzene rings is 2. The van der Waals surface area contributed by atoms with Crippen LogP contribution in [-0.4, -0.2) is 71.7 Å². The first-order valence-corrected chi connectivity index (χ1v) is 10.1. The molecule has 0 unspecified atom stereocenters. The molecule has 2 aliphatic heterocycles. The minimum absolute atomic E-state index is 0.00872. The summed E-state index contributed by atoms with van der Waals surface area (Å²) < 4.78 is 6.05. The average Bonchev–Trinajstić information content (AvgIpc) is 2.98. The lowest BCUT2D eigenvalue weighted by Gasteiger charge is -2.38. The van der Waals surface area contributed by atoms with Crippen molar-refractivity contribution < 1.29 is 19.5 Å². The fourth-order valence-electron chi connectivity index (χ4n) is 3.91. The van der Waals surface area contributed by atoms with Crippen LogP contribution in [0.3, 0.4) is 0 Å². The highest BCUT2D eigenvalue weighted by molar-refractivity contribution is 5.93. The Morgan fingerprint density at radius 2 is 1.80 bits per heavy atom. The van der Waals surface area contributed by atoms with Crippen LogP contribution in [0.25, 0.3) is 0 Å². The second-order valence-corrected chi connectivity index (χ2v) is 7.70. The van der Waals surface area contributed by atoms with Gasteiger partial charge in [0.2, 0.25) is 0 Å². The van der Waals surface area contributed by atoms with Crippen molar-refractivity contribution in [3.05, 3.63) is 65.2 Å². The summed E-state index contributed by atoms with van der Waals surface area (Å²) >= 11 is 0. The normalized spacial score (nSPS) is 19.5. The van der Waals surface area contributed by atoms with Gasteiger partial charge in [-0.2, -0.15) is 0 Å². The molecule has 8 nitrogen and oxygen atoms in total. The summed E-state index contributed by atoms with van der Waals surface area (Å²) in [6.45, 7) is 3.74. The van der Waals surface area contributed by atoms with Crippen LogP contribution in [0.4, 0.5) is 4.79 Å². The zero-order valence-electron chi connectivity index (χ0n) is 17.0. The predicted molar refractivity (Wildman–Crippen MR) is 110 cm³/mol. The van der Waals surface area contributed by atoms with Gasteiger partial charge in [-0.05, 0) is 24.7 Å². The Labute approximate surface area is 175 Å². The highest BCUT2D eigenvalue weighted by Gasteiger charge is 2.33. The quantitative estimate of drug-likeness (QED) is 0.585. The number of urea groups is 1. The molecule has 4 rings (SSSR count). The monoisotopic (exact) mass is 410 g/mol. The van der Waals surface area contributed by atoms with Crippen LogP contribution in [0.15, 0.2) is 48.5 Å². The lowest BCUT2D eigenvalue weighted by Crippen LogP contribution is -2.52. The van der Waals surface area contributed by atoms with Gasteiger partial charge in [0.05, 0.1) is 12.6 Å². The number of carbonyl (C=O) groups is 2. The topological polar surface area (TPSA) is 85.4 Å². The van der Waals surface area contributed by atoms with E-state index >= 15 is 0 Å². The summed E-state index contributed by atoms with van der Waals surface area (Å²) in [5, 5.41) is 8.91. The van der Waals surface area contributed by atoms with E-state index in [-0.39, 0.29) is 18.7 Å². The van der Waals surface area contributed by atoms with Gasteiger partial charge in [0.15, 0.2) is 0 Å². The molecule has 0 radical (unpaired) electrons. The maximum atomic E-state index is 13.5. The lowest BCUT2D eigenvalue weighted by atomic mass is 10.1. The molecule has 0 bridgehead atoms. The summed E-state index contributed by atoms with van der Waals surface area (Å²) in [5.41, 5.74) is 3.77. The summed E-state index contributed by atoms with van der Waals surface area (Å²) in [7, 11) is 2.06. The lowest BCUT2D eigenvalue weighted by molar-refractivity contribution is 0.0706. The third kappa shape index (κ3) is 4.10. The number of hydroxylamine groups is 1. The van der Waals surface area contributed by atoms with E-state index in [1.54, 1.807) is 23.7 Å². The standard InChI is InChI=1S/C22H26N4O4/c1-24-9-11-25(12-10-24)22(28)26-14-18-8-7-17(21(27)23-29)13-20(18)30-15-19(26)16-5-3-2-4-6-16/h2-8,13,19,29H,9-12,14-15H2,1H3,(H,23,27)/t19-/m1/s1. The molecular weight excluding hydrogens is 384 g/mol. The van der Waals surface area contributed by atoms with Gasteiger partial charge in [-0.1, -0.05) is 36.4 Å². The Kier molecular flexibility index (Phi) is 5.87. The zero-order valence-corrected chi connectivity index (χ0v) is 17.0. The molecule has 0 saturated carbocycles. The first-order chi connectivity index (χ1) is 14.6. The Hall–Kier alpha value is -3.10. The number of likely N-dealkylation sites (N-methyl/N-ethyl adjacent to an activating group) is 1. The molecule has 3 amide bonds. The first kappa shape index (κ1) is 20.2. The fourth-order valence-corrected chi connectivity index (χ4v) is 3.91. The second-order valence-electron chi connectivity index (χ2n) is 7.70. The number of amides is 3. The zero-order chi connectivity index (χ0) is 21.1. The van der Waals surface area contributed by atoms with Crippen molar-refractivity contribution in [3.63, 3.8) is 0 Å². The van der Waals surface area contributed by atoms with Gasteiger partial charge < -0.3 is 19.4 Å². The van der Waals surface area contributed by atoms with Crippen LogP contribution in [-0.2, 0) is 6.54 Å². The molecule has 30 heavy (non-hydrogen) atoms. The second kappa shape index (κ2) is 8.73. The van der Waals surface area contributed by atoms with Gasteiger partial charge in [0, 0.05) is 37.3 Å². The van der Waals surface area contributed by atoms with Gasteiger partial charge in [-0.15, -0.1) is 0 Å². The number of rotatable bonds is 2. The average molecular weight is 410 g/mol. The third-order valence-electron chi connectivity index (χ3n) is 5.75. The summed E-state index contributed by atoms with van der Waals surface area (Å²) in [4.78, 5) is 31.3. The van der Waals surface area contributed by atoms with Crippen molar-refractivity contribution in [2.45, 2.75) is 12.6 Å². The van der Waals surface area contributed by atoms with Gasteiger partial charge in [-0.3, -0.25) is 10.0 Å². The van der Waals surface area contributed by atoms with Crippen molar-refractivity contribution in [2.24, 2.45) is 0 Å². The van der Waals surface area contributed by atoms with Crippen molar-refractivity contribution in [1.29, 1.82) is 0 Å². The van der Waals surface area contributed by atoms with Crippen LogP contribution < -0.4 is 10.2 Å². The largest absolute Gasteiger partial charge is 0.491 e. The van der Waals surface area contributed by atoms with E-state index < -0.39 is 5.91 Å². The van der Waals surface area contributed by atoms with Crippen LogP contribution in [0.1, 0.15) is 27.5 Å². The van der Waals surface area contributed by atoms with E-state index in [0.29, 0.717) is 30.9 Å². The Bertz CT molecular complexity index is 913. The van der Waals surface area contributed by atoms with E-state index in [0.717, 1.165) is 24.2 Å². The van der Waals surface area contributed by atoms with Crippen molar-refractivity contribution >= 4 is 11.9 Å². The summed E-state index contributed by atoms with van der Waals surface area (Å²) in [6.07, 6.45) is 0. The molecule has 8 heteroatoms. The fraction of sp³-hybridized carbons (Fsp3) is 0.364. The number of fused-ring (bicyclic) bond motifs is 1. The minimum Gasteiger partial charge on any atom is -0.491 e. The van der Waals surface area contributed by atoms with Gasteiger partial charge in [-0.25, -0.2) is 10.3 Å². The van der Waals surface area contributed by atoms with E-state index in [2.05, 4.69) is 11.9 Å². The molecule has 0 aliphatic carbocycles. The molecule has 2 heterocycles. The summed E-state index contributed by atoms with van der Waals surface area (Å²) in [5.74, 6) is -0.0543. The van der Waals surface area contributed by atoms with Crippen molar-refractivity contribution in [1.82, 2.24) is 20.2 Å². The molecule has 2 aromatic carbocycles. The molecule has 2 N–H and O–H groups in total. The molecule has 2 aliphatic rings. The molecule has 2 aromatic rings. The van der Waals surface area contributed by atoms with Crippen LogP contribution >= 0.6 is 0 Å². The number of hydrogen-bond acceptors (Lipinski definition) is 5. The number of nitrogens with zero attached hydrogens (tertiary/aromatic N) is 3. The molecule has 1 saturated heterocycles. The summed E-state index contributed by atoms with van der Waals surface area (Å²) in [6, 6.07) is 14.6. The molecule has 0 aromatic heterocycles. The molecule has 1 fully saturated rings. The van der Waals surface area contributed by atoms with Gasteiger partial charge >= 0.3 is 6.03 Å². The van der Waals surface area contributed by atoms with Gasteiger partial charge in [0.1, 0.15) is 12.4 Å². The number of carbonyl (C=O) groups excluding carboxylic acids is 2. The third-order valence-corrected chi connectivity index (χ3v) is 5.75. The molecule has 1 atom stereocenters. The Morgan fingerprint density at radius 3 is 2.50 bits per heavy atom. The minimum atomic E-state index is -0.601. The highest BCUT2D eigenvalue weighted by Crippen LogP contribution is 2.33. The van der Waals surface area contributed by atoms with Crippen LogP contribution in [0.5, 0.6) is 5.75 Å². The van der Waals surface area contributed by atoms with Crippen molar-refractivity contribution in [3.8, 4) is 5.75 Å². The molecule has 158 valence electrons. The van der Waals surface area contributed by atoms with E-state index in [1.165, 1.54) is 0 Å². The maximum absolute atomic E-state index is 13.5. The Balaban J connectivity index is 1.66. The Morgan fingerprint density at radius 1 is 1.07 bits per heavy atom. The van der Waals surface area contributed by atoms with E-state index in [9.17, 15) is 9.59 Å². The number of nitrogens with one attached hydrogen (secondary N) is 1. The SMILES string of the molecule is CN1CCN(C(=O)N2Cc3ccc(C(=O)NO)cc3OC[C@@H]2c2ccccc2)CC1. The highest BCUT2D eigenvalue weighted by atomic mass is 16.5.